The van der Waals surface area contributed by atoms with Gasteiger partial charge in [-0.2, -0.15) is 0 Å². The van der Waals surface area contributed by atoms with Crippen molar-refractivity contribution >= 4 is 45.9 Å². The SMILES string of the molecule is C=CCn1c(SCC(=O)Nc2sc(C(=O)OC)c(C)c2C(=O)OC)nnc1-c1cccnc1. The normalized spacial score (nSPS) is 10.5. The Bertz CT molecular complexity index is 1190. The zero-order valence-corrected chi connectivity index (χ0v) is 19.8. The molecule has 3 rings (SSSR count). The van der Waals surface area contributed by atoms with E-state index in [0.29, 0.717) is 23.1 Å². The van der Waals surface area contributed by atoms with Gasteiger partial charge in [0.15, 0.2) is 11.0 Å². The van der Waals surface area contributed by atoms with Crippen LogP contribution >= 0.6 is 23.1 Å². The largest absolute Gasteiger partial charge is 0.465 e. The number of amides is 1. The van der Waals surface area contributed by atoms with E-state index in [0.717, 1.165) is 16.9 Å². The van der Waals surface area contributed by atoms with E-state index in [2.05, 4.69) is 27.1 Å². The van der Waals surface area contributed by atoms with Gasteiger partial charge in [-0.1, -0.05) is 17.8 Å². The first-order chi connectivity index (χ1) is 15.9. The quantitative estimate of drug-likeness (QED) is 0.275. The molecule has 33 heavy (non-hydrogen) atoms. The zero-order chi connectivity index (χ0) is 24.0. The third-order valence-electron chi connectivity index (χ3n) is 4.44. The van der Waals surface area contributed by atoms with Crippen molar-refractivity contribution < 1.29 is 23.9 Å². The molecule has 0 aliphatic rings. The molecule has 3 aromatic heterocycles. The van der Waals surface area contributed by atoms with Gasteiger partial charge in [-0.05, 0) is 24.6 Å². The van der Waals surface area contributed by atoms with Crippen LogP contribution in [0.25, 0.3) is 11.4 Å². The van der Waals surface area contributed by atoms with E-state index in [-0.39, 0.29) is 27.1 Å². The fourth-order valence-corrected chi connectivity index (χ4v) is 4.80. The molecule has 172 valence electrons. The van der Waals surface area contributed by atoms with Crippen LogP contribution in [0.1, 0.15) is 25.6 Å². The number of hydrogen-bond acceptors (Lipinski definition) is 10. The van der Waals surface area contributed by atoms with Crippen molar-refractivity contribution in [2.24, 2.45) is 0 Å². The number of thiophene rings is 1. The van der Waals surface area contributed by atoms with Crippen LogP contribution in [0, 0.1) is 6.92 Å². The predicted octanol–water partition coefficient (Wildman–Crippen LogP) is 3.20. The number of nitrogens with zero attached hydrogens (tertiary/aromatic N) is 4. The van der Waals surface area contributed by atoms with Crippen LogP contribution in [0.4, 0.5) is 5.00 Å². The van der Waals surface area contributed by atoms with Crippen LogP contribution in [-0.2, 0) is 20.8 Å². The standard InChI is InChI=1S/C21H21N5O5S2/c1-5-9-26-17(13-7-6-8-22-10-13)24-25-21(26)32-11-14(27)23-18-15(19(28)30-3)12(2)16(33-18)20(29)31-4/h5-8,10H,1,9,11H2,2-4H3,(H,23,27). The molecule has 3 aromatic rings. The van der Waals surface area contributed by atoms with Gasteiger partial charge >= 0.3 is 11.9 Å². The highest BCUT2D eigenvalue weighted by Crippen LogP contribution is 2.34. The Labute approximate surface area is 198 Å². The third kappa shape index (κ3) is 5.29. The number of carbonyl (C=O) groups excluding carboxylic acids is 3. The lowest BCUT2D eigenvalue weighted by Gasteiger charge is -2.08. The molecule has 1 N–H and O–H groups in total. The van der Waals surface area contributed by atoms with E-state index in [1.807, 2.05) is 10.6 Å². The van der Waals surface area contributed by atoms with Gasteiger partial charge in [-0.3, -0.25) is 14.3 Å². The molecule has 0 unspecified atom stereocenters. The molecule has 0 saturated heterocycles. The molecule has 0 saturated carbocycles. The first-order valence-electron chi connectivity index (χ1n) is 9.58. The van der Waals surface area contributed by atoms with E-state index in [1.54, 1.807) is 31.5 Å². The van der Waals surface area contributed by atoms with E-state index in [1.165, 1.54) is 26.0 Å². The maximum Gasteiger partial charge on any atom is 0.348 e. The lowest BCUT2D eigenvalue weighted by atomic mass is 10.1. The highest BCUT2D eigenvalue weighted by Gasteiger charge is 2.27. The smallest absolute Gasteiger partial charge is 0.348 e. The van der Waals surface area contributed by atoms with Crippen LogP contribution in [0.2, 0.25) is 0 Å². The number of esters is 2. The molecule has 0 fully saturated rings. The Morgan fingerprint density at radius 3 is 2.64 bits per heavy atom. The summed E-state index contributed by atoms with van der Waals surface area (Å²) in [6, 6.07) is 3.66. The minimum absolute atomic E-state index is 0.00651. The molecule has 0 aliphatic heterocycles. The first-order valence-corrected chi connectivity index (χ1v) is 11.4. The van der Waals surface area contributed by atoms with Crippen molar-refractivity contribution in [3.8, 4) is 11.4 Å². The second kappa shape index (κ2) is 10.9. The minimum Gasteiger partial charge on any atom is -0.465 e. The maximum atomic E-state index is 12.7. The molecule has 0 aromatic carbocycles. The molecule has 1 amide bonds. The number of anilines is 1. The van der Waals surface area contributed by atoms with Gasteiger partial charge in [0.05, 0.1) is 25.5 Å². The molecule has 0 bridgehead atoms. The van der Waals surface area contributed by atoms with Gasteiger partial charge < -0.3 is 14.8 Å². The number of methoxy groups -OCH3 is 2. The van der Waals surface area contributed by atoms with Crippen molar-refractivity contribution in [3.05, 3.63) is 53.2 Å². The molecule has 3 heterocycles. The summed E-state index contributed by atoms with van der Waals surface area (Å²) in [4.78, 5) is 41.2. The molecule has 0 radical (unpaired) electrons. The summed E-state index contributed by atoms with van der Waals surface area (Å²) in [5, 5.41) is 11.8. The number of carbonyl (C=O) groups is 3. The molecule has 0 spiro atoms. The van der Waals surface area contributed by atoms with E-state index >= 15 is 0 Å². The van der Waals surface area contributed by atoms with Gasteiger partial charge in [0.25, 0.3) is 0 Å². The van der Waals surface area contributed by atoms with E-state index in [4.69, 9.17) is 9.47 Å². The number of nitrogens with one attached hydrogen (secondary N) is 1. The molecule has 0 aliphatic carbocycles. The van der Waals surface area contributed by atoms with E-state index in [9.17, 15) is 14.4 Å². The van der Waals surface area contributed by atoms with Crippen LogP contribution in [-0.4, -0.2) is 57.6 Å². The van der Waals surface area contributed by atoms with Crippen molar-refractivity contribution in [3.63, 3.8) is 0 Å². The lowest BCUT2D eigenvalue weighted by Crippen LogP contribution is -2.16. The number of pyridine rings is 1. The highest BCUT2D eigenvalue weighted by molar-refractivity contribution is 7.99. The molecule has 10 nitrogen and oxygen atoms in total. The molecule has 0 atom stereocenters. The number of allylic oxidation sites excluding steroid dienone is 1. The second-order valence-electron chi connectivity index (χ2n) is 6.53. The van der Waals surface area contributed by atoms with Gasteiger partial charge in [0.2, 0.25) is 5.91 Å². The van der Waals surface area contributed by atoms with Crippen LogP contribution < -0.4 is 5.32 Å². The summed E-state index contributed by atoms with van der Waals surface area (Å²) in [6.07, 6.45) is 5.05. The fourth-order valence-electron chi connectivity index (χ4n) is 2.93. The number of rotatable bonds is 9. The maximum absolute atomic E-state index is 12.7. The summed E-state index contributed by atoms with van der Waals surface area (Å²) < 4.78 is 11.4. The fraction of sp³-hybridized carbons (Fsp3) is 0.238. The Morgan fingerprint density at radius 2 is 2.00 bits per heavy atom. The first kappa shape index (κ1) is 24.1. The molecular formula is C21H21N5O5S2. The summed E-state index contributed by atoms with van der Waals surface area (Å²) in [6.45, 7) is 5.81. The Kier molecular flexibility index (Phi) is 7.96. The molecule has 12 heteroatoms. The summed E-state index contributed by atoms with van der Waals surface area (Å²) >= 11 is 2.13. The Morgan fingerprint density at radius 1 is 1.24 bits per heavy atom. The average Bonchev–Trinajstić information content (AvgIpc) is 3.38. The lowest BCUT2D eigenvalue weighted by molar-refractivity contribution is -0.113. The van der Waals surface area contributed by atoms with Crippen molar-refractivity contribution in [2.45, 2.75) is 18.6 Å². The summed E-state index contributed by atoms with van der Waals surface area (Å²) in [5.74, 6) is -1.05. The summed E-state index contributed by atoms with van der Waals surface area (Å²) in [7, 11) is 2.47. The number of ether oxygens (including phenoxy) is 2. The third-order valence-corrected chi connectivity index (χ3v) is 6.59. The van der Waals surface area contributed by atoms with Gasteiger partial charge in [0, 0.05) is 24.5 Å². The predicted molar refractivity (Wildman–Crippen MR) is 125 cm³/mol. The second-order valence-corrected chi connectivity index (χ2v) is 8.49. The topological polar surface area (TPSA) is 125 Å². The summed E-state index contributed by atoms with van der Waals surface area (Å²) in [5.41, 5.74) is 1.29. The van der Waals surface area contributed by atoms with E-state index < -0.39 is 11.9 Å². The van der Waals surface area contributed by atoms with Crippen molar-refractivity contribution in [1.82, 2.24) is 19.7 Å². The molecular weight excluding hydrogens is 466 g/mol. The van der Waals surface area contributed by atoms with Crippen molar-refractivity contribution in [1.29, 1.82) is 0 Å². The van der Waals surface area contributed by atoms with Gasteiger partial charge in [-0.25, -0.2) is 9.59 Å². The number of aromatic nitrogens is 4. The minimum atomic E-state index is -0.659. The van der Waals surface area contributed by atoms with Crippen LogP contribution in [0.5, 0.6) is 0 Å². The Balaban J connectivity index is 1.79. The monoisotopic (exact) mass is 487 g/mol. The van der Waals surface area contributed by atoms with Gasteiger partial charge in [0.1, 0.15) is 9.88 Å². The average molecular weight is 488 g/mol. The zero-order valence-electron chi connectivity index (χ0n) is 18.2. The Hall–Kier alpha value is -3.51. The van der Waals surface area contributed by atoms with Gasteiger partial charge in [-0.15, -0.1) is 28.1 Å². The van der Waals surface area contributed by atoms with Crippen LogP contribution in [0.3, 0.4) is 0 Å². The van der Waals surface area contributed by atoms with Crippen molar-refractivity contribution in [2.75, 3.05) is 25.3 Å². The number of hydrogen-bond donors (Lipinski definition) is 1. The highest BCUT2D eigenvalue weighted by atomic mass is 32.2. The number of thioether (sulfide) groups is 1. The van der Waals surface area contributed by atoms with Crippen LogP contribution in [0.15, 0.2) is 42.3 Å².